The Hall–Kier alpha value is -3.12. The van der Waals surface area contributed by atoms with Crippen LogP contribution >= 0.6 is 0 Å². The summed E-state index contributed by atoms with van der Waals surface area (Å²) in [5.41, 5.74) is 4.04. The molecule has 1 aliphatic rings. The number of hydrogen-bond acceptors (Lipinski definition) is 4. The van der Waals surface area contributed by atoms with Gasteiger partial charge in [-0.2, -0.15) is 5.10 Å². The van der Waals surface area contributed by atoms with Crippen molar-refractivity contribution in [3.63, 3.8) is 0 Å². The monoisotopic (exact) mass is 362 g/mol. The molecule has 0 spiro atoms. The zero-order valence-corrected chi connectivity index (χ0v) is 15.2. The molecule has 1 unspecified atom stereocenters. The number of rotatable bonds is 5. The molecule has 1 fully saturated rings. The SMILES string of the molecule is COC1CCN(c2ccc(NC(=O)c3cc(-c4ccccc4)n[nH]3)cc2)C1. The number of methoxy groups -OCH3 is 1. The highest BCUT2D eigenvalue weighted by Gasteiger charge is 2.22. The first-order valence-corrected chi connectivity index (χ1v) is 9.03. The van der Waals surface area contributed by atoms with Crippen molar-refractivity contribution in [3.8, 4) is 11.3 Å². The maximum Gasteiger partial charge on any atom is 0.273 e. The Morgan fingerprint density at radius 1 is 1.19 bits per heavy atom. The summed E-state index contributed by atoms with van der Waals surface area (Å²) in [7, 11) is 1.76. The van der Waals surface area contributed by atoms with Gasteiger partial charge < -0.3 is 15.0 Å². The van der Waals surface area contributed by atoms with Crippen LogP contribution in [0.15, 0.2) is 60.7 Å². The molecule has 3 aromatic rings. The molecule has 6 heteroatoms. The number of hydrogen-bond donors (Lipinski definition) is 2. The summed E-state index contributed by atoms with van der Waals surface area (Å²) < 4.78 is 5.41. The van der Waals surface area contributed by atoms with Crippen LogP contribution in [-0.2, 0) is 4.74 Å². The van der Waals surface area contributed by atoms with Gasteiger partial charge in [-0.05, 0) is 36.8 Å². The third-order valence-corrected chi connectivity index (χ3v) is 4.86. The quantitative estimate of drug-likeness (QED) is 0.728. The molecule has 0 aliphatic carbocycles. The molecule has 2 heterocycles. The Labute approximate surface area is 158 Å². The molecule has 0 saturated carbocycles. The predicted octanol–water partition coefficient (Wildman–Crippen LogP) is 3.55. The second-order valence-electron chi connectivity index (χ2n) is 6.63. The molecule has 1 aromatic heterocycles. The molecule has 1 atom stereocenters. The van der Waals surface area contributed by atoms with Crippen LogP contribution in [0.2, 0.25) is 0 Å². The maximum absolute atomic E-state index is 12.5. The van der Waals surface area contributed by atoms with E-state index in [9.17, 15) is 4.79 Å². The highest BCUT2D eigenvalue weighted by atomic mass is 16.5. The molecule has 4 rings (SSSR count). The minimum absolute atomic E-state index is 0.210. The summed E-state index contributed by atoms with van der Waals surface area (Å²) >= 11 is 0. The highest BCUT2D eigenvalue weighted by molar-refractivity contribution is 6.03. The lowest BCUT2D eigenvalue weighted by atomic mass is 10.1. The number of nitrogens with one attached hydrogen (secondary N) is 2. The summed E-state index contributed by atoms with van der Waals surface area (Å²) in [6, 6.07) is 19.4. The van der Waals surface area contributed by atoms with E-state index in [0.717, 1.165) is 42.1 Å². The molecule has 138 valence electrons. The van der Waals surface area contributed by atoms with E-state index in [1.54, 1.807) is 13.2 Å². The van der Waals surface area contributed by atoms with Crippen molar-refractivity contribution in [2.75, 3.05) is 30.4 Å². The van der Waals surface area contributed by atoms with Crippen molar-refractivity contribution in [1.82, 2.24) is 10.2 Å². The van der Waals surface area contributed by atoms with Crippen molar-refractivity contribution >= 4 is 17.3 Å². The molecule has 1 saturated heterocycles. The lowest BCUT2D eigenvalue weighted by Crippen LogP contribution is -2.22. The van der Waals surface area contributed by atoms with E-state index in [4.69, 9.17) is 4.74 Å². The van der Waals surface area contributed by atoms with Crippen LogP contribution in [0, 0.1) is 0 Å². The van der Waals surface area contributed by atoms with Gasteiger partial charge in [-0.1, -0.05) is 30.3 Å². The molecular weight excluding hydrogens is 340 g/mol. The number of ether oxygens (including phenoxy) is 1. The van der Waals surface area contributed by atoms with Gasteiger partial charge in [0.25, 0.3) is 5.91 Å². The molecule has 0 bridgehead atoms. The van der Waals surface area contributed by atoms with Crippen LogP contribution in [0.25, 0.3) is 11.3 Å². The first-order valence-electron chi connectivity index (χ1n) is 9.03. The number of carbonyl (C=O) groups excluding carboxylic acids is 1. The van der Waals surface area contributed by atoms with E-state index in [2.05, 4.69) is 20.4 Å². The van der Waals surface area contributed by atoms with E-state index >= 15 is 0 Å². The predicted molar refractivity (Wildman–Crippen MR) is 106 cm³/mol. The molecule has 2 N–H and O–H groups in total. The maximum atomic E-state index is 12.5. The van der Waals surface area contributed by atoms with Crippen molar-refractivity contribution < 1.29 is 9.53 Å². The molecule has 27 heavy (non-hydrogen) atoms. The van der Waals surface area contributed by atoms with E-state index in [0.29, 0.717) is 11.8 Å². The van der Waals surface area contributed by atoms with E-state index in [-0.39, 0.29) is 5.91 Å². The van der Waals surface area contributed by atoms with Crippen molar-refractivity contribution in [2.24, 2.45) is 0 Å². The van der Waals surface area contributed by atoms with Crippen molar-refractivity contribution in [3.05, 3.63) is 66.4 Å². The minimum Gasteiger partial charge on any atom is -0.380 e. The second kappa shape index (κ2) is 7.63. The fourth-order valence-corrected chi connectivity index (χ4v) is 3.30. The molecule has 6 nitrogen and oxygen atoms in total. The van der Waals surface area contributed by atoms with Gasteiger partial charge in [-0.25, -0.2) is 0 Å². The normalized spacial score (nSPS) is 16.5. The van der Waals surface area contributed by atoms with E-state index in [1.807, 2.05) is 54.6 Å². The topological polar surface area (TPSA) is 70.2 Å². The Morgan fingerprint density at radius 2 is 1.96 bits per heavy atom. The number of amides is 1. The molecule has 0 radical (unpaired) electrons. The number of carbonyl (C=O) groups is 1. The first-order chi connectivity index (χ1) is 13.2. The van der Waals surface area contributed by atoms with Gasteiger partial charge in [0.2, 0.25) is 0 Å². The Balaban J connectivity index is 1.41. The largest absolute Gasteiger partial charge is 0.380 e. The summed E-state index contributed by atoms with van der Waals surface area (Å²) in [4.78, 5) is 14.8. The number of benzene rings is 2. The van der Waals surface area contributed by atoms with Crippen LogP contribution < -0.4 is 10.2 Å². The Morgan fingerprint density at radius 3 is 2.67 bits per heavy atom. The highest BCUT2D eigenvalue weighted by Crippen LogP contribution is 2.24. The molecule has 1 aliphatic heterocycles. The van der Waals surface area contributed by atoms with Gasteiger partial charge in [0.1, 0.15) is 5.69 Å². The fourth-order valence-electron chi connectivity index (χ4n) is 3.30. The number of aromatic amines is 1. The number of anilines is 2. The summed E-state index contributed by atoms with van der Waals surface area (Å²) in [6.45, 7) is 1.89. The number of H-pyrrole nitrogens is 1. The van der Waals surface area contributed by atoms with Crippen LogP contribution in [0.3, 0.4) is 0 Å². The van der Waals surface area contributed by atoms with E-state index < -0.39 is 0 Å². The molecule has 1 amide bonds. The van der Waals surface area contributed by atoms with Gasteiger partial charge in [-0.3, -0.25) is 9.89 Å². The lowest BCUT2D eigenvalue weighted by Gasteiger charge is -2.18. The summed E-state index contributed by atoms with van der Waals surface area (Å²) in [5.74, 6) is -0.210. The third kappa shape index (κ3) is 3.85. The Kier molecular flexibility index (Phi) is 4.89. The fraction of sp³-hybridized carbons (Fsp3) is 0.238. The average Bonchev–Trinajstić information content (AvgIpc) is 3.39. The third-order valence-electron chi connectivity index (χ3n) is 4.86. The second-order valence-corrected chi connectivity index (χ2v) is 6.63. The van der Waals surface area contributed by atoms with E-state index in [1.165, 1.54) is 0 Å². The van der Waals surface area contributed by atoms with Crippen molar-refractivity contribution in [2.45, 2.75) is 12.5 Å². The first kappa shape index (κ1) is 17.3. The van der Waals surface area contributed by atoms with Gasteiger partial charge in [0, 0.05) is 37.1 Å². The summed E-state index contributed by atoms with van der Waals surface area (Å²) in [6.07, 6.45) is 1.34. The number of aromatic nitrogens is 2. The zero-order valence-electron chi connectivity index (χ0n) is 15.2. The van der Waals surface area contributed by atoms with Crippen LogP contribution in [-0.4, -0.2) is 42.4 Å². The van der Waals surface area contributed by atoms with Crippen LogP contribution in [0.1, 0.15) is 16.9 Å². The van der Waals surface area contributed by atoms with Crippen molar-refractivity contribution in [1.29, 1.82) is 0 Å². The van der Waals surface area contributed by atoms with Gasteiger partial charge in [0.15, 0.2) is 0 Å². The van der Waals surface area contributed by atoms with Crippen LogP contribution in [0.4, 0.5) is 11.4 Å². The lowest BCUT2D eigenvalue weighted by molar-refractivity contribution is 0.102. The van der Waals surface area contributed by atoms with Gasteiger partial charge >= 0.3 is 0 Å². The molecular formula is C21H22N4O2. The standard InChI is InChI=1S/C21H22N4O2/c1-27-18-11-12-25(14-18)17-9-7-16(8-10-17)22-21(26)20-13-19(23-24-20)15-5-3-2-4-6-15/h2-10,13,18H,11-12,14H2,1H3,(H,22,26)(H,23,24). The molecule has 2 aromatic carbocycles. The van der Waals surface area contributed by atoms with Gasteiger partial charge in [-0.15, -0.1) is 0 Å². The van der Waals surface area contributed by atoms with Gasteiger partial charge in [0.05, 0.1) is 11.8 Å². The zero-order chi connectivity index (χ0) is 18.6. The smallest absolute Gasteiger partial charge is 0.273 e. The number of nitrogens with zero attached hydrogens (tertiary/aromatic N) is 2. The van der Waals surface area contributed by atoms with Crippen LogP contribution in [0.5, 0.6) is 0 Å². The summed E-state index contributed by atoms with van der Waals surface area (Å²) in [5, 5.41) is 9.94. The minimum atomic E-state index is -0.210. The average molecular weight is 362 g/mol. The Bertz CT molecular complexity index is 905.